The molecule has 1 fully saturated rings. The molecule has 0 aliphatic carbocycles. The van der Waals surface area contributed by atoms with Gasteiger partial charge in [0.1, 0.15) is 24.3 Å². The van der Waals surface area contributed by atoms with E-state index < -0.39 is 0 Å². The number of ether oxygens (including phenoxy) is 2. The van der Waals surface area contributed by atoms with Crippen molar-refractivity contribution in [2.24, 2.45) is 0 Å². The Labute approximate surface area is 197 Å². The van der Waals surface area contributed by atoms with E-state index in [9.17, 15) is 18.8 Å². The number of amides is 3. The SMILES string of the molecule is CC(=O)Nc1ccc2c(c1)C(=O)N(C)[C@@H]1CC[C@H](CC(=O)NCc3ccc(F)cc3)O[C@H]1CO2. The summed E-state index contributed by atoms with van der Waals surface area (Å²) >= 11 is 0. The Balaban J connectivity index is 1.38. The van der Waals surface area contributed by atoms with Gasteiger partial charge in [0.2, 0.25) is 11.8 Å². The molecule has 2 aromatic rings. The summed E-state index contributed by atoms with van der Waals surface area (Å²) in [5, 5.41) is 5.53. The van der Waals surface area contributed by atoms with Crippen LogP contribution in [0.1, 0.15) is 42.1 Å². The highest BCUT2D eigenvalue weighted by atomic mass is 19.1. The fraction of sp³-hybridized carbons (Fsp3) is 0.400. The van der Waals surface area contributed by atoms with Crippen molar-refractivity contribution in [2.45, 2.75) is 51.0 Å². The Hall–Kier alpha value is -3.46. The van der Waals surface area contributed by atoms with Crippen LogP contribution in [0.4, 0.5) is 10.1 Å². The topological polar surface area (TPSA) is 97.0 Å². The van der Waals surface area contributed by atoms with Crippen molar-refractivity contribution in [3.05, 3.63) is 59.4 Å². The van der Waals surface area contributed by atoms with Gasteiger partial charge in [-0.2, -0.15) is 0 Å². The third-order valence-electron chi connectivity index (χ3n) is 6.15. The van der Waals surface area contributed by atoms with E-state index in [2.05, 4.69) is 10.6 Å². The van der Waals surface area contributed by atoms with Crippen molar-refractivity contribution in [3.8, 4) is 5.75 Å². The van der Waals surface area contributed by atoms with E-state index >= 15 is 0 Å². The summed E-state index contributed by atoms with van der Waals surface area (Å²) in [7, 11) is 1.74. The zero-order valence-corrected chi connectivity index (χ0v) is 19.2. The molecule has 4 rings (SSSR count). The number of carbonyl (C=O) groups is 3. The fourth-order valence-electron chi connectivity index (χ4n) is 4.39. The van der Waals surface area contributed by atoms with Gasteiger partial charge in [-0.3, -0.25) is 14.4 Å². The summed E-state index contributed by atoms with van der Waals surface area (Å²) < 4.78 is 25.1. The summed E-state index contributed by atoms with van der Waals surface area (Å²) in [6.45, 7) is 1.96. The molecule has 9 heteroatoms. The maximum atomic E-state index is 13.2. The number of rotatable bonds is 5. The second kappa shape index (κ2) is 10.2. The number of hydrogen-bond donors (Lipinski definition) is 2. The van der Waals surface area contributed by atoms with Crippen LogP contribution in [0.3, 0.4) is 0 Å². The third-order valence-corrected chi connectivity index (χ3v) is 6.15. The number of hydrogen-bond acceptors (Lipinski definition) is 5. The average Bonchev–Trinajstić information content (AvgIpc) is 2.81. The minimum atomic E-state index is -0.374. The molecule has 2 N–H and O–H groups in total. The van der Waals surface area contributed by atoms with Crippen LogP contribution in [-0.2, 0) is 20.9 Å². The molecular formula is C25H28FN3O5. The zero-order chi connectivity index (χ0) is 24.2. The molecule has 2 aliphatic rings. The summed E-state index contributed by atoms with van der Waals surface area (Å²) in [5.74, 6) is -0.482. The largest absolute Gasteiger partial charge is 0.490 e. The standard InChI is InChI=1S/C25H28FN3O5/c1-15(30)28-18-7-10-22-20(11-18)25(32)29(2)21-9-8-19(34-23(21)14-33-22)12-24(31)27-13-16-3-5-17(26)6-4-16/h3-7,10-11,19,21,23H,8-9,12-14H2,1-2H3,(H,27,31)(H,28,30)/t19-,21-,23+/m1/s1. The molecule has 8 nitrogen and oxygen atoms in total. The summed E-state index contributed by atoms with van der Waals surface area (Å²) in [6, 6.07) is 10.8. The van der Waals surface area contributed by atoms with Crippen LogP contribution in [-0.4, -0.2) is 54.5 Å². The number of halogens is 1. The summed E-state index contributed by atoms with van der Waals surface area (Å²) in [5.41, 5.74) is 1.73. The number of nitrogens with zero attached hydrogens (tertiary/aromatic N) is 1. The Kier molecular flexibility index (Phi) is 7.12. The molecule has 0 spiro atoms. The molecule has 1 saturated heterocycles. The molecule has 0 bridgehead atoms. The highest BCUT2D eigenvalue weighted by Crippen LogP contribution is 2.32. The lowest BCUT2D eigenvalue weighted by Gasteiger charge is -2.42. The van der Waals surface area contributed by atoms with Crippen molar-refractivity contribution in [2.75, 3.05) is 19.0 Å². The Morgan fingerprint density at radius 2 is 1.91 bits per heavy atom. The van der Waals surface area contributed by atoms with E-state index in [1.807, 2.05) is 0 Å². The van der Waals surface area contributed by atoms with Crippen molar-refractivity contribution in [1.29, 1.82) is 0 Å². The maximum absolute atomic E-state index is 13.2. The average molecular weight is 470 g/mol. The molecule has 2 heterocycles. The molecule has 3 amide bonds. The van der Waals surface area contributed by atoms with Crippen LogP contribution in [0.2, 0.25) is 0 Å². The molecule has 2 aliphatic heterocycles. The number of likely N-dealkylation sites (N-methyl/N-ethyl adjacent to an activating group) is 1. The number of fused-ring (bicyclic) bond motifs is 2. The lowest BCUT2D eigenvalue weighted by molar-refractivity contribution is -0.134. The van der Waals surface area contributed by atoms with Gasteiger partial charge < -0.3 is 25.0 Å². The normalized spacial score (nSPS) is 21.9. The lowest BCUT2D eigenvalue weighted by atomic mass is 9.94. The minimum Gasteiger partial charge on any atom is -0.490 e. The predicted molar refractivity (Wildman–Crippen MR) is 123 cm³/mol. The number of anilines is 1. The van der Waals surface area contributed by atoms with Crippen molar-refractivity contribution in [3.63, 3.8) is 0 Å². The highest BCUT2D eigenvalue weighted by molar-refractivity contribution is 5.99. The molecule has 0 radical (unpaired) electrons. The van der Waals surface area contributed by atoms with Gasteiger partial charge in [0.05, 0.1) is 24.1 Å². The maximum Gasteiger partial charge on any atom is 0.257 e. The van der Waals surface area contributed by atoms with Gasteiger partial charge >= 0.3 is 0 Å². The first-order valence-corrected chi connectivity index (χ1v) is 11.3. The van der Waals surface area contributed by atoms with Crippen LogP contribution in [0, 0.1) is 5.82 Å². The Morgan fingerprint density at radius 3 is 2.65 bits per heavy atom. The number of nitrogens with one attached hydrogen (secondary N) is 2. The molecule has 0 aromatic heterocycles. The first kappa shape index (κ1) is 23.7. The lowest BCUT2D eigenvalue weighted by Crippen LogP contribution is -2.53. The van der Waals surface area contributed by atoms with E-state index in [-0.39, 0.29) is 54.8 Å². The van der Waals surface area contributed by atoms with Crippen molar-refractivity contribution < 1.29 is 28.2 Å². The number of benzene rings is 2. The second-order valence-corrected chi connectivity index (χ2v) is 8.67. The van der Waals surface area contributed by atoms with Gasteiger partial charge in [-0.05, 0) is 48.7 Å². The van der Waals surface area contributed by atoms with E-state index in [0.717, 1.165) is 5.56 Å². The van der Waals surface area contributed by atoms with E-state index in [0.29, 0.717) is 36.4 Å². The van der Waals surface area contributed by atoms with Gasteiger partial charge in [0.25, 0.3) is 5.91 Å². The molecule has 0 saturated carbocycles. The van der Waals surface area contributed by atoms with Crippen LogP contribution in [0.25, 0.3) is 0 Å². The molecular weight excluding hydrogens is 441 g/mol. The van der Waals surface area contributed by atoms with Crippen molar-refractivity contribution in [1.82, 2.24) is 10.2 Å². The molecule has 34 heavy (non-hydrogen) atoms. The molecule has 180 valence electrons. The smallest absolute Gasteiger partial charge is 0.257 e. The van der Waals surface area contributed by atoms with E-state index in [1.54, 1.807) is 42.3 Å². The first-order chi connectivity index (χ1) is 16.3. The molecule has 0 unspecified atom stereocenters. The van der Waals surface area contributed by atoms with Crippen LogP contribution in [0.5, 0.6) is 5.75 Å². The fourth-order valence-corrected chi connectivity index (χ4v) is 4.39. The van der Waals surface area contributed by atoms with Gasteiger partial charge in [-0.25, -0.2) is 4.39 Å². The predicted octanol–water partition coefficient (Wildman–Crippen LogP) is 2.87. The number of carbonyl (C=O) groups excluding carboxylic acids is 3. The second-order valence-electron chi connectivity index (χ2n) is 8.67. The minimum absolute atomic E-state index is 0.153. The zero-order valence-electron chi connectivity index (χ0n) is 19.2. The highest BCUT2D eigenvalue weighted by Gasteiger charge is 2.39. The third kappa shape index (κ3) is 5.53. The van der Waals surface area contributed by atoms with Crippen LogP contribution in [0.15, 0.2) is 42.5 Å². The van der Waals surface area contributed by atoms with Crippen LogP contribution < -0.4 is 15.4 Å². The molecule has 3 atom stereocenters. The van der Waals surface area contributed by atoms with Gasteiger partial charge in [0.15, 0.2) is 0 Å². The van der Waals surface area contributed by atoms with Crippen LogP contribution >= 0.6 is 0 Å². The first-order valence-electron chi connectivity index (χ1n) is 11.3. The quantitative estimate of drug-likeness (QED) is 0.702. The molecule has 2 aromatic carbocycles. The van der Waals surface area contributed by atoms with Gasteiger partial charge in [0, 0.05) is 26.2 Å². The summed E-state index contributed by atoms with van der Waals surface area (Å²) in [6.07, 6.45) is 0.830. The van der Waals surface area contributed by atoms with E-state index in [1.165, 1.54) is 19.1 Å². The monoisotopic (exact) mass is 469 g/mol. The van der Waals surface area contributed by atoms with Gasteiger partial charge in [-0.15, -0.1) is 0 Å². The Bertz CT molecular complexity index is 1070. The summed E-state index contributed by atoms with van der Waals surface area (Å²) in [4.78, 5) is 38.6. The van der Waals surface area contributed by atoms with E-state index in [4.69, 9.17) is 9.47 Å². The van der Waals surface area contributed by atoms with Gasteiger partial charge in [-0.1, -0.05) is 12.1 Å². The van der Waals surface area contributed by atoms with Crippen molar-refractivity contribution >= 4 is 23.4 Å². The Morgan fingerprint density at radius 1 is 1.15 bits per heavy atom.